The van der Waals surface area contributed by atoms with Gasteiger partial charge >= 0.3 is 5.97 Å². The van der Waals surface area contributed by atoms with Gasteiger partial charge in [0.05, 0.1) is 16.2 Å². The molecule has 1 atom stereocenters. The number of non-ortho nitro benzene ring substituents is 1. The van der Waals surface area contributed by atoms with Crippen molar-refractivity contribution in [3.05, 3.63) is 106 Å². The third-order valence-corrected chi connectivity index (χ3v) is 5.37. The molecule has 10 nitrogen and oxygen atoms in total. The van der Waals surface area contributed by atoms with Crippen LogP contribution in [0.2, 0.25) is 0 Å². The van der Waals surface area contributed by atoms with Crippen molar-refractivity contribution >= 4 is 40.1 Å². The zero-order valence-electron chi connectivity index (χ0n) is 18.2. The van der Waals surface area contributed by atoms with Crippen LogP contribution in [0.25, 0.3) is 10.9 Å². The van der Waals surface area contributed by atoms with Crippen molar-refractivity contribution in [1.29, 1.82) is 0 Å². The van der Waals surface area contributed by atoms with E-state index in [1.807, 2.05) is 6.07 Å². The molecule has 35 heavy (non-hydrogen) atoms. The maximum absolute atomic E-state index is 12.9. The number of nitro groups is 1. The smallest absolute Gasteiger partial charge is 0.326 e. The molecule has 0 aliphatic carbocycles. The van der Waals surface area contributed by atoms with Crippen LogP contribution in [0.1, 0.15) is 26.4 Å². The molecular formula is C25H20N4O6. The minimum Gasteiger partial charge on any atom is -0.480 e. The first-order chi connectivity index (χ1) is 16.8. The highest BCUT2D eigenvalue weighted by atomic mass is 16.6. The van der Waals surface area contributed by atoms with E-state index in [0.717, 1.165) is 5.56 Å². The van der Waals surface area contributed by atoms with Crippen LogP contribution in [0.15, 0.2) is 78.9 Å². The van der Waals surface area contributed by atoms with Gasteiger partial charge in [-0.15, -0.1) is 0 Å². The summed E-state index contributed by atoms with van der Waals surface area (Å²) < 4.78 is 0. The Morgan fingerprint density at radius 1 is 0.943 bits per heavy atom. The lowest BCUT2D eigenvalue weighted by atomic mass is 10.1. The number of carboxylic acid groups (broad SMARTS) is 1. The van der Waals surface area contributed by atoms with Crippen LogP contribution in [0, 0.1) is 10.1 Å². The van der Waals surface area contributed by atoms with Crippen molar-refractivity contribution in [3.8, 4) is 0 Å². The van der Waals surface area contributed by atoms with E-state index >= 15 is 0 Å². The number of H-pyrrole nitrogens is 1. The van der Waals surface area contributed by atoms with Gasteiger partial charge in [-0.25, -0.2) is 4.79 Å². The molecule has 0 aliphatic rings. The van der Waals surface area contributed by atoms with Crippen molar-refractivity contribution in [2.24, 2.45) is 0 Å². The number of nitrogens with one attached hydrogen (secondary N) is 3. The predicted molar refractivity (Wildman–Crippen MR) is 128 cm³/mol. The second-order valence-electron chi connectivity index (χ2n) is 7.77. The highest BCUT2D eigenvalue weighted by molar-refractivity contribution is 6.10. The third kappa shape index (κ3) is 5.33. The SMILES string of the molecule is O=C(Nc1ccccc1C(=O)NC(Cc1ccccc1)C(=O)O)c1cc2cc([N+](=O)[O-])ccc2[nH]1. The van der Waals surface area contributed by atoms with Gasteiger partial charge in [-0.2, -0.15) is 0 Å². The van der Waals surface area contributed by atoms with Gasteiger partial charge in [0, 0.05) is 29.5 Å². The molecule has 3 aromatic carbocycles. The van der Waals surface area contributed by atoms with E-state index in [0.29, 0.717) is 10.9 Å². The number of hydrogen-bond acceptors (Lipinski definition) is 5. The summed E-state index contributed by atoms with van der Waals surface area (Å²) in [6, 6.07) is 19.6. The van der Waals surface area contributed by atoms with Gasteiger partial charge in [-0.3, -0.25) is 19.7 Å². The van der Waals surface area contributed by atoms with E-state index in [9.17, 15) is 29.6 Å². The lowest BCUT2D eigenvalue weighted by Gasteiger charge is -2.16. The van der Waals surface area contributed by atoms with Gasteiger partial charge in [-0.1, -0.05) is 42.5 Å². The fourth-order valence-corrected chi connectivity index (χ4v) is 3.62. The maximum Gasteiger partial charge on any atom is 0.326 e. The molecule has 0 aliphatic heterocycles. The van der Waals surface area contributed by atoms with Crippen LogP contribution < -0.4 is 10.6 Å². The largest absolute Gasteiger partial charge is 0.480 e. The molecular weight excluding hydrogens is 452 g/mol. The van der Waals surface area contributed by atoms with Crippen molar-refractivity contribution in [1.82, 2.24) is 10.3 Å². The highest BCUT2D eigenvalue weighted by Crippen LogP contribution is 2.23. The van der Waals surface area contributed by atoms with E-state index in [1.54, 1.807) is 36.4 Å². The second-order valence-corrected chi connectivity index (χ2v) is 7.77. The maximum atomic E-state index is 12.9. The minimum atomic E-state index is -1.18. The number of rotatable bonds is 8. The van der Waals surface area contributed by atoms with Crippen LogP contribution in [0.5, 0.6) is 0 Å². The summed E-state index contributed by atoms with van der Waals surface area (Å²) in [7, 11) is 0. The molecule has 4 rings (SSSR count). The summed E-state index contributed by atoms with van der Waals surface area (Å²) >= 11 is 0. The van der Waals surface area contributed by atoms with Gasteiger partial charge in [0.15, 0.2) is 0 Å². The Hall–Kier alpha value is -4.99. The van der Waals surface area contributed by atoms with Gasteiger partial charge in [-0.05, 0) is 29.8 Å². The topological polar surface area (TPSA) is 154 Å². The van der Waals surface area contributed by atoms with Gasteiger partial charge in [0.2, 0.25) is 0 Å². The van der Waals surface area contributed by atoms with Gasteiger partial charge in [0.1, 0.15) is 11.7 Å². The number of nitrogens with zero attached hydrogens (tertiary/aromatic N) is 1. The van der Waals surface area contributed by atoms with E-state index in [1.165, 1.54) is 36.4 Å². The molecule has 0 fully saturated rings. The highest BCUT2D eigenvalue weighted by Gasteiger charge is 2.23. The Labute approximate surface area is 198 Å². The van der Waals surface area contributed by atoms with E-state index in [-0.39, 0.29) is 29.1 Å². The molecule has 176 valence electrons. The number of nitro benzene ring substituents is 1. The average Bonchev–Trinajstić information content (AvgIpc) is 3.28. The number of aliphatic carboxylic acids is 1. The minimum absolute atomic E-state index is 0.0897. The lowest BCUT2D eigenvalue weighted by molar-refractivity contribution is -0.384. The summed E-state index contributed by atoms with van der Waals surface area (Å²) in [6.45, 7) is 0. The molecule has 0 saturated heterocycles. The van der Waals surface area contributed by atoms with E-state index < -0.39 is 28.7 Å². The first kappa shape index (κ1) is 23.2. The van der Waals surface area contributed by atoms with Crippen molar-refractivity contribution < 1.29 is 24.4 Å². The van der Waals surface area contributed by atoms with Gasteiger partial charge < -0.3 is 20.7 Å². The molecule has 1 unspecified atom stereocenters. The number of benzene rings is 3. The number of carbonyl (C=O) groups excluding carboxylic acids is 2. The number of aromatic amines is 1. The number of hydrogen-bond donors (Lipinski definition) is 4. The molecule has 0 bridgehead atoms. The molecule has 0 spiro atoms. The summed E-state index contributed by atoms with van der Waals surface area (Å²) in [5, 5.41) is 26.2. The number of anilines is 1. The van der Waals surface area contributed by atoms with Crippen LogP contribution in [-0.4, -0.2) is 38.8 Å². The van der Waals surface area contributed by atoms with Gasteiger partial charge in [0.25, 0.3) is 17.5 Å². The zero-order chi connectivity index (χ0) is 24.9. The molecule has 1 heterocycles. The summed E-state index contributed by atoms with van der Waals surface area (Å²) in [5.41, 5.74) is 1.60. The van der Waals surface area contributed by atoms with Crippen molar-refractivity contribution in [3.63, 3.8) is 0 Å². The average molecular weight is 472 g/mol. The quantitative estimate of drug-likeness (QED) is 0.226. The molecule has 0 saturated carbocycles. The normalized spacial score (nSPS) is 11.5. The van der Waals surface area contributed by atoms with Crippen LogP contribution >= 0.6 is 0 Å². The number of para-hydroxylation sites is 1. The van der Waals surface area contributed by atoms with Crippen molar-refractivity contribution in [2.75, 3.05) is 5.32 Å². The molecule has 0 radical (unpaired) electrons. The second kappa shape index (κ2) is 9.87. The molecule has 2 amide bonds. The Bertz CT molecular complexity index is 1430. The molecule has 4 N–H and O–H groups in total. The fraction of sp³-hybridized carbons (Fsp3) is 0.0800. The Morgan fingerprint density at radius 2 is 1.66 bits per heavy atom. The van der Waals surface area contributed by atoms with Crippen LogP contribution in [0.4, 0.5) is 11.4 Å². The van der Waals surface area contributed by atoms with E-state index in [4.69, 9.17) is 0 Å². The lowest BCUT2D eigenvalue weighted by Crippen LogP contribution is -2.42. The summed E-state index contributed by atoms with van der Waals surface area (Å²) in [6.07, 6.45) is 0.0949. The Kier molecular flexibility index (Phi) is 6.54. The molecule has 1 aromatic heterocycles. The number of carbonyl (C=O) groups is 3. The number of fused-ring (bicyclic) bond motifs is 1. The monoisotopic (exact) mass is 472 g/mol. The first-order valence-corrected chi connectivity index (χ1v) is 10.6. The molecule has 10 heteroatoms. The Morgan fingerprint density at radius 3 is 2.37 bits per heavy atom. The fourth-order valence-electron chi connectivity index (χ4n) is 3.62. The number of aromatic nitrogens is 1. The van der Waals surface area contributed by atoms with Crippen LogP contribution in [0.3, 0.4) is 0 Å². The standard InChI is InChI=1S/C25H20N4O6/c30-23(28-22(25(32)33)12-15-6-2-1-3-7-15)18-8-4-5-9-20(18)27-24(31)21-14-16-13-17(29(34)35)10-11-19(16)26-21/h1-11,13-14,22,26H,12H2,(H,27,31)(H,28,30)(H,32,33). The number of amides is 2. The Balaban J connectivity index is 1.53. The number of carboxylic acids is 1. The summed E-state index contributed by atoms with van der Waals surface area (Å²) in [5.74, 6) is -2.41. The predicted octanol–water partition coefficient (Wildman–Crippen LogP) is 3.75. The third-order valence-electron chi connectivity index (χ3n) is 5.37. The van der Waals surface area contributed by atoms with Crippen LogP contribution in [-0.2, 0) is 11.2 Å². The first-order valence-electron chi connectivity index (χ1n) is 10.6. The van der Waals surface area contributed by atoms with E-state index in [2.05, 4.69) is 15.6 Å². The zero-order valence-corrected chi connectivity index (χ0v) is 18.2. The molecule has 4 aromatic rings. The summed E-state index contributed by atoms with van der Waals surface area (Å²) in [4.78, 5) is 50.9. The van der Waals surface area contributed by atoms with Crippen molar-refractivity contribution in [2.45, 2.75) is 12.5 Å².